The number of hydroxylamine groups is 2. The molecule has 0 N–H and O–H groups in total. The van der Waals surface area contributed by atoms with Crippen LogP contribution in [0.25, 0.3) is 0 Å². The topological polar surface area (TPSA) is 32.5 Å². The van der Waals surface area contributed by atoms with Gasteiger partial charge < -0.3 is 0 Å². The Bertz CT molecular complexity index is 394. The maximum absolute atomic E-state index is 11.8. The zero-order valence-electron chi connectivity index (χ0n) is 10.5. The molecule has 0 radical (unpaired) electrons. The van der Waals surface area contributed by atoms with Crippen molar-refractivity contribution in [1.29, 1.82) is 0 Å². The first-order valence-electron chi connectivity index (χ1n) is 5.77. The molecule has 1 aromatic carbocycles. The summed E-state index contributed by atoms with van der Waals surface area (Å²) in [6, 6.07) is 10.5. The fourth-order valence-corrected chi connectivity index (χ4v) is 2.02. The lowest BCUT2D eigenvalue weighted by Crippen LogP contribution is -2.31. The second-order valence-electron chi connectivity index (χ2n) is 4.32. The van der Waals surface area contributed by atoms with Crippen LogP contribution in [0.2, 0.25) is 0 Å². The average Bonchev–Trinajstić information content (AvgIpc) is 3.17. The van der Waals surface area contributed by atoms with Crippen LogP contribution in [0, 0.1) is 0 Å². The number of hydrogen-bond donors (Lipinski definition) is 0. The Morgan fingerprint density at radius 2 is 2.12 bits per heavy atom. The number of carbonyl (C=O) groups excluding carboxylic acids is 1. The number of benzene rings is 1. The number of nitrogens with zero attached hydrogens (tertiary/aromatic N) is 2. The molecule has 0 spiro atoms. The summed E-state index contributed by atoms with van der Waals surface area (Å²) in [4.78, 5) is 18.9. The van der Waals surface area contributed by atoms with E-state index in [9.17, 15) is 4.79 Å². The zero-order chi connectivity index (χ0) is 12.4. The molecule has 1 amide bonds. The van der Waals surface area contributed by atoms with Gasteiger partial charge in [-0.25, -0.2) is 5.06 Å². The summed E-state index contributed by atoms with van der Waals surface area (Å²) in [6.45, 7) is 2.93. The van der Waals surface area contributed by atoms with Gasteiger partial charge in [0.15, 0.2) is 0 Å². The number of hydrogen-bond acceptors (Lipinski definition) is 3. The van der Waals surface area contributed by atoms with Gasteiger partial charge in [0.2, 0.25) is 0 Å². The molecule has 4 nitrogen and oxygen atoms in total. The molecule has 17 heavy (non-hydrogen) atoms. The van der Waals surface area contributed by atoms with E-state index in [-0.39, 0.29) is 18.0 Å². The van der Waals surface area contributed by atoms with Crippen molar-refractivity contribution in [1.82, 2.24) is 9.96 Å². The van der Waals surface area contributed by atoms with E-state index in [0.717, 1.165) is 6.54 Å². The van der Waals surface area contributed by atoms with Crippen LogP contribution in [0.4, 0.5) is 0 Å². The molecule has 1 aromatic rings. The van der Waals surface area contributed by atoms with Gasteiger partial charge in [-0.2, -0.15) is 0 Å². The van der Waals surface area contributed by atoms with Gasteiger partial charge in [0, 0.05) is 19.6 Å². The van der Waals surface area contributed by atoms with Crippen LogP contribution in [0.3, 0.4) is 0 Å². The summed E-state index contributed by atoms with van der Waals surface area (Å²) in [7, 11) is 3.15. The van der Waals surface area contributed by atoms with Gasteiger partial charge >= 0.3 is 0 Å². The molecule has 1 fully saturated rings. The highest BCUT2D eigenvalue weighted by molar-refractivity contribution is 5.83. The average molecular weight is 234 g/mol. The van der Waals surface area contributed by atoms with Gasteiger partial charge in [0.05, 0.1) is 7.11 Å². The van der Waals surface area contributed by atoms with Crippen molar-refractivity contribution < 1.29 is 9.63 Å². The highest BCUT2D eigenvalue weighted by Crippen LogP contribution is 2.32. The Balaban J connectivity index is 1.97. The molecule has 0 bridgehead atoms. The fraction of sp³-hybridized carbons (Fsp3) is 0.462. The molecule has 4 heteroatoms. The third-order valence-electron chi connectivity index (χ3n) is 3.30. The Kier molecular flexibility index (Phi) is 3.45. The minimum atomic E-state index is -0.0323. The second-order valence-corrected chi connectivity index (χ2v) is 4.32. The maximum atomic E-state index is 11.8. The van der Waals surface area contributed by atoms with Crippen LogP contribution in [-0.2, 0) is 9.63 Å². The predicted molar refractivity (Wildman–Crippen MR) is 65.1 cm³/mol. The second kappa shape index (κ2) is 4.85. The first-order chi connectivity index (χ1) is 8.15. The summed E-state index contributed by atoms with van der Waals surface area (Å²) < 4.78 is 0. The van der Waals surface area contributed by atoms with Gasteiger partial charge in [-0.15, -0.1) is 0 Å². The number of likely N-dealkylation sites (N-methyl/N-ethyl adjacent to an activating group) is 1. The maximum Gasteiger partial charge on any atom is 0.264 e. The molecule has 92 valence electrons. The van der Waals surface area contributed by atoms with Crippen molar-refractivity contribution in [3.05, 3.63) is 35.9 Å². The highest BCUT2D eigenvalue weighted by Gasteiger charge is 2.45. The third-order valence-corrected chi connectivity index (χ3v) is 3.30. The molecular weight excluding hydrogens is 216 g/mol. The normalized spacial score (nSPS) is 24.2. The van der Waals surface area contributed by atoms with Crippen LogP contribution in [0.15, 0.2) is 30.3 Å². The number of amides is 1. The van der Waals surface area contributed by atoms with E-state index >= 15 is 0 Å². The molecule has 1 saturated heterocycles. The summed E-state index contributed by atoms with van der Waals surface area (Å²) in [6.07, 6.45) is 0. The van der Waals surface area contributed by atoms with Gasteiger partial charge in [-0.3, -0.25) is 14.5 Å². The fourth-order valence-electron chi connectivity index (χ4n) is 2.02. The Morgan fingerprint density at radius 3 is 2.71 bits per heavy atom. The lowest BCUT2D eigenvalue weighted by atomic mass is 10.1. The highest BCUT2D eigenvalue weighted by atomic mass is 16.7. The standard InChI is InChI=1S/C13H18N2O2/c1-10(11-7-5-4-6-8-11)15-9-12(15)13(16)14(2)17-3/h4-8,10,12H,9H2,1-3H3/t10-,12-,15?/m0/s1. The van der Waals surface area contributed by atoms with Crippen LogP contribution in [0.5, 0.6) is 0 Å². The van der Waals surface area contributed by atoms with Crippen molar-refractivity contribution in [2.75, 3.05) is 20.7 Å². The van der Waals surface area contributed by atoms with Crippen molar-refractivity contribution in [3.63, 3.8) is 0 Å². The van der Waals surface area contributed by atoms with E-state index in [1.165, 1.54) is 17.7 Å². The number of carbonyl (C=O) groups is 1. The van der Waals surface area contributed by atoms with Gasteiger partial charge in [0.25, 0.3) is 5.91 Å². The summed E-state index contributed by atoms with van der Waals surface area (Å²) in [5.41, 5.74) is 1.24. The van der Waals surface area contributed by atoms with E-state index < -0.39 is 0 Å². The molecule has 1 heterocycles. The third kappa shape index (κ3) is 2.48. The van der Waals surface area contributed by atoms with Crippen LogP contribution < -0.4 is 0 Å². The van der Waals surface area contributed by atoms with Crippen molar-refractivity contribution in [2.24, 2.45) is 0 Å². The monoisotopic (exact) mass is 234 g/mol. The van der Waals surface area contributed by atoms with Crippen molar-refractivity contribution >= 4 is 5.91 Å². The largest absolute Gasteiger partial charge is 0.282 e. The first-order valence-corrected chi connectivity index (χ1v) is 5.77. The zero-order valence-corrected chi connectivity index (χ0v) is 10.5. The SMILES string of the molecule is CON(C)C(=O)[C@@H]1CN1[C@@H](C)c1ccccc1. The van der Waals surface area contributed by atoms with Crippen LogP contribution in [0.1, 0.15) is 18.5 Å². The van der Waals surface area contributed by atoms with Crippen LogP contribution >= 0.6 is 0 Å². The van der Waals surface area contributed by atoms with Crippen LogP contribution in [-0.4, -0.2) is 42.6 Å². The molecule has 2 rings (SSSR count). The first kappa shape index (κ1) is 12.1. The summed E-state index contributed by atoms with van der Waals surface area (Å²) >= 11 is 0. The molecule has 0 saturated carbocycles. The minimum absolute atomic E-state index is 0.0234. The van der Waals surface area contributed by atoms with Crippen molar-refractivity contribution in [3.8, 4) is 0 Å². The minimum Gasteiger partial charge on any atom is -0.282 e. The molecular formula is C13H18N2O2. The summed E-state index contributed by atoms with van der Waals surface area (Å²) in [5, 5.41) is 1.29. The van der Waals surface area contributed by atoms with Gasteiger partial charge in [0.1, 0.15) is 6.04 Å². The lowest BCUT2D eigenvalue weighted by Gasteiger charge is -2.17. The van der Waals surface area contributed by atoms with E-state index in [1.54, 1.807) is 7.05 Å². The van der Waals surface area contributed by atoms with E-state index in [0.29, 0.717) is 0 Å². The predicted octanol–water partition coefficient (Wildman–Crippen LogP) is 1.45. The molecule has 1 aliphatic rings. The van der Waals surface area contributed by atoms with Gasteiger partial charge in [-0.05, 0) is 12.5 Å². The Labute approximate surface area is 102 Å². The lowest BCUT2D eigenvalue weighted by molar-refractivity contribution is -0.169. The van der Waals surface area contributed by atoms with E-state index in [2.05, 4.69) is 24.0 Å². The molecule has 0 aliphatic carbocycles. The number of rotatable bonds is 4. The van der Waals surface area contributed by atoms with E-state index in [1.807, 2.05) is 18.2 Å². The molecule has 0 aromatic heterocycles. The van der Waals surface area contributed by atoms with E-state index in [4.69, 9.17) is 4.84 Å². The molecule has 1 unspecified atom stereocenters. The van der Waals surface area contributed by atoms with Crippen molar-refractivity contribution in [2.45, 2.75) is 19.0 Å². The Morgan fingerprint density at radius 1 is 1.47 bits per heavy atom. The molecule has 1 aliphatic heterocycles. The smallest absolute Gasteiger partial charge is 0.264 e. The van der Waals surface area contributed by atoms with Gasteiger partial charge in [-0.1, -0.05) is 30.3 Å². The quantitative estimate of drug-likeness (QED) is 0.584. The summed E-state index contributed by atoms with van der Waals surface area (Å²) in [5.74, 6) is 0.0234. The molecule has 3 atom stereocenters. The Hall–Kier alpha value is -1.39.